The predicted octanol–water partition coefficient (Wildman–Crippen LogP) is 2.37. The van der Waals surface area contributed by atoms with Gasteiger partial charge in [-0.05, 0) is 24.3 Å². The van der Waals surface area contributed by atoms with Gasteiger partial charge in [-0.3, -0.25) is 9.78 Å². The number of oxazole rings is 1. The first-order valence-electron chi connectivity index (χ1n) is 8.97. The van der Waals surface area contributed by atoms with Gasteiger partial charge < -0.3 is 19.4 Å². The second kappa shape index (κ2) is 8.18. The third-order valence-corrected chi connectivity index (χ3v) is 4.52. The maximum Gasteiger partial charge on any atom is 0.276 e. The molecule has 0 radical (unpaired) electrons. The topological polar surface area (TPSA) is 80.5 Å². The maximum absolute atomic E-state index is 13.9. The molecule has 0 saturated carbocycles. The quantitative estimate of drug-likeness (QED) is 0.730. The highest BCUT2D eigenvalue weighted by Crippen LogP contribution is 2.22. The summed E-state index contributed by atoms with van der Waals surface area (Å²) in [5.74, 6) is 0.00406. The van der Waals surface area contributed by atoms with E-state index in [1.165, 1.54) is 12.3 Å². The number of hydrogen-bond donors (Lipinski definition) is 1. The minimum absolute atomic E-state index is 0.0831. The Morgan fingerprint density at radius 2 is 2.21 bits per heavy atom. The van der Waals surface area contributed by atoms with Crippen molar-refractivity contribution in [3.63, 3.8) is 0 Å². The van der Waals surface area contributed by atoms with Gasteiger partial charge in [-0.15, -0.1) is 0 Å². The van der Waals surface area contributed by atoms with Gasteiger partial charge in [0.25, 0.3) is 5.91 Å². The number of nitrogens with one attached hydrogen (secondary N) is 1. The second-order valence-corrected chi connectivity index (χ2v) is 6.37. The van der Waals surface area contributed by atoms with Gasteiger partial charge in [0, 0.05) is 25.8 Å². The summed E-state index contributed by atoms with van der Waals surface area (Å²) in [6.07, 6.45) is 4.56. The molecule has 1 amide bonds. The number of halogens is 1. The molecule has 1 unspecified atom stereocenters. The Balaban J connectivity index is 1.48. The van der Waals surface area contributed by atoms with Crippen molar-refractivity contribution >= 4 is 5.91 Å². The number of pyridine rings is 1. The fourth-order valence-corrected chi connectivity index (χ4v) is 3.08. The predicted molar refractivity (Wildman–Crippen MR) is 99.3 cm³/mol. The standard InChI is InChI=1S/C20H19FN4O3/c21-17-6-2-1-5-16(17)19-24-18(13-28-19)20(26)25-9-8-23-10-14(25)12-27-15-4-3-7-22-11-15/h1-7,11,13-14,23H,8-10,12H2. The van der Waals surface area contributed by atoms with Gasteiger partial charge in [-0.2, -0.15) is 0 Å². The Morgan fingerprint density at radius 1 is 1.32 bits per heavy atom. The number of rotatable bonds is 5. The number of nitrogens with zero attached hydrogens (tertiary/aromatic N) is 3. The zero-order valence-electron chi connectivity index (χ0n) is 15.0. The van der Waals surface area contributed by atoms with Gasteiger partial charge in [0.2, 0.25) is 5.89 Å². The number of ether oxygens (including phenoxy) is 1. The molecule has 0 aliphatic carbocycles. The van der Waals surface area contributed by atoms with E-state index in [9.17, 15) is 9.18 Å². The van der Waals surface area contributed by atoms with Crippen molar-refractivity contribution in [1.82, 2.24) is 20.2 Å². The maximum atomic E-state index is 13.9. The highest BCUT2D eigenvalue weighted by atomic mass is 19.1. The molecule has 0 bridgehead atoms. The third kappa shape index (κ3) is 3.86. The number of benzene rings is 1. The number of piperazine rings is 1. The number of carbonyl (C=O) groups is 1. The third-order valence-electron chi connectivity index (χ3n) is 4.52. The van der Waals surface area contributed by atoms with Crippen LogP contribution in [0.5, 0.6) is 5.75 Å². The number of hydrogen-bond acceptors (Lipinski definition) is 6. The summed E-state index contributed by atoms with van der Waals surface area (Å²) >= 11 is 0. The van der Waals surface area contributed by atoms with Gasteiger partial charge in [0.1, 0.15) is 24.4 Å². The van der Waals surface area contributed by atoms with E-state index in [0.717, 1.165) is 0 Å². The highest BCUT2D eigenvalue weighted by Gasteiger charge is 2.30. The largest absolute Gasteiger partial charge is 0.490 e. The van der Waals surface area contributed by atoms with Crippen LogP contribution in [-0.2, 0) is 0 Å². The lowest BCUT2D eigenvalue weighted by atomic mass is 10.2. The first-order chi connectivity index (χ1) is 13.7. The molecule has 1 aliphatic rings. The first-order valence-corrected chi connectivity index (χ1v) is 8.97. The van der Waals surface area contributed by atoms with E-state index in [1.807, 2.05) is 6.07 Å². The zero-order valence-corrected chi connectivity index (χ0v) is 15.0. The summed E-state index contributed by atoms with van der Waals surface area (Å²) in [6, 6.07) is 9.59. The molecule has 7 nitrogen and oxygen atoms in total. The number of amides is 1. The molecular formula is C20H19FN4O3. The Labute approximate surface area is 161 Å². The smallest absolute Gasteiger partial charge is 0.276 e. The lowest BCUT2D eigenvalue weighted by Crippen LogP contribution is -2.56. The second-order valence-electron chi connectivity index (χ2n) is 6.37. The highest BCUT2D eigenvalue weighted by molar-refractivity contribution is 5.92. The lowest BCUT2D eigenvalue weighted by Gasteiger charge is -2.35. The van der Waals surface area contributed by atoms with Gasteiger partial charge in [0.15, 0.2) is 5.69 Å². The molecule has 0 spiro atoms. The molecule has 1 N–H and O–H groups in total. The van der Waals surface area contributed by atoms with Gasteiger partial charge in [-0.1, -0.05) is 12.1 Å². The van der Waals surface area contributed by atoms with Gasteiger partial charge >= 0.3 is 0 Å². The van der Waals surface area contributed by atoms with E-state index in [2.05, 4.69) is 15.3 Å². The summed E-state index contributed by atoms with van der Waals surface area (Å²) in [4.78, 5) is 22.9. The molecule has 1 fully saturated rings. The summed E-state index contributed by atoms with van der Waals surface area (Å²) in [7, 11) is 0. The Bertz CT molecular complexity index is 947. The summed E-state index contributed by atoms with van der Waals surface area (Å²) < 4.78 is 25.1. The molecule has 1 aliphatic heterocycles. The normalized spacial score (nSPS) is 16.8. The van der Waals surface area contributed by atoms with E-state index in [1.54, 1.807) is 41.6 Å². The average Bonchev–Trinajstić information content (AvgIpc) is 3.23. The molecule has 144 valence electrons. The van der Waals surface area contributed by atoms with Crippen molar-refractivity contribution in [2.45, 2.75) is 6.04 Å². The lowest BCUT2D eigenvalue weighted by molar-refractivity contribution is 0.0553. The fraction of sp³-hybridized carbons (Fsp3) is 0.250. The fourth-order valence-electron chi connectivity index (χ4n) is 3.08. The van der Waals surface area contributed by atoms with Crippen molar-refractivity contribution in [2.24, 2.45) is 0 Å². The van der Waals surface area contributed by atoms with Crippen molar-refractivity contribution in [2.75, 3.05) is 26.2 Å². The van der Waals surface area contributed by atoms with Crippen LogP contribution in [0.4, 0.5) is 4.39 Å². The van der Waals surface area contributed by atoms with E-state index >= 15 is 0 Å². The Kier molecular flexibility index (Phi) is 5.29. The minimum Gasteiger partial charge on any atom is -0.490 e. The monoisotopic (exact) mass is 382 g/mol. The summed E-state index contributed by atoms with van der Waals surface area (Å²) in [5.41, 5.74) is 0.366. The molecular weight excluding hydrogens is 363 g/mol. The van der Waals surface area contributed by atoms with E-state index in [4.69, 9.17) is 9.15 Å². The Hall–Kier alpha value is -3.26. The van der Waals surface area contributed by atoms with Crippen LogP contribution in [0.1, 0.15) is 10.5 Å². The van der Waals surface area contributed by atoms with Crippen LogP contribution in [0.3, 0.4) is 0 Å². The molecule has 3 heterocycles. The summed E-state index contributed by atoms with van der Waals surface area (Å²) in [5, 5.41) is 3.26. The van der Waals surface area contributed by atoms with Crippen molar-refractivity contribution < 1.29 is 18.3 Å². The molecule has 3 aromatic rings. The van der Waals surface area contributed by atoms with Crippen molar-refractivity contribution in [1.29, 1.82) is 0 Å². The van der Waals surface area contributed by atoms with Crippen molar-refractivity contribution in [3.05, 3.63) is 66.6 Å². The molecule has 4 rings (SSSR count). The van der Waals surface area contributed by atoms with Crippen LogP contribution in [0, 0.1) is 5.82 Å². The number of carbonyl (C=O) groups excluding carboxylic acids is 1. The average molecular weight is 382 g/mol. The van der Waals surface area contributed by atoms with Crippen LogP contribution >= 0.6 is 0 Å². The molecule has 28 heavy (non-hydrogen) atoms. The van der Waals surface area contributed by atoms with Gasteiger partial charge in [0.05, 0.1) is 17.8 Å². The molecule has 2 aromatic heterocycles. The van der Waals surface area contributed by atoms with E-state index in [-0.39, 0.29) is 29.1 Å². The van der Waals surface area contributed by atoms with Crippen LogP contribution < -0.4 is 10.1 Å². The van der Waals surface area contributed by atoms with E-state index in [0.29, 0.717) is 32.0 Å². The minimum atomic E-state index is -0.451. The SMILES string of the molecule is O=C(c1coc(-c2ccccc2F)n1)N1CCNCC1COc1cccnc1. The Morgan fingerprint density at radius 3 is 3.04 bits per heavy atom. The van der Waals surface area contributed by atoms with Crippen LogP contribution in [0.2, 0.25) is 0 Å². The van der Waals surface area contributed by atoms with Crippen molar-refractivity contribution in [3.8, 4) is 17.2 Å². The molecule has 8 heteroatoms. The molecule has 1 saturated heterocycles. The van der Waals surface area contributed by atoms with Crippen LogP contribution in [0.15, 0.2) is 59.5 Å². The van der Waals surface area contributed by atoms with E-state index < -0.39 is 5.82 Å². The molecule has 1 atom stereocenters. The summed E-state index contributed by atoms with van der Waals surface area (Å²) in [6.45, 7) is 2.11. The van der Waals surface area contributed by atoms with Gasteiger partial charge in [-0.25, -0.2) is 9.37 Å². The molecule has 1 aromatic carbocycles. The first kappa shape index (κ1) is 18.1. The zero-order chi connectivity index (χ0) is 19.3. The number of aromatic nitrogens is 2. The van der Waals surface area contributed by atoms with Crippen LogP contribution in [-0.4, -0.2) is 53.1 Å². The van der Waals surface area contributed by atoms with Crippen LogP contribution in [0.25, 0.3) is 11.5 Å².